The number of pyridine rings is 1. The van der Waals surface area contributed by atoms with Gasteiger partial charge in [0.25, 0.3) is 11.8 Å². The smallest absolute Gasteiger partial charge is 0.352 e. The van der Waals surface area contributed by atoms with Crippen molar-refractivity contribution in [3.05, 3.63) is 59.3 Å². The van der Waals surface area contributed by atoms with Gasteiger partial charge in [0.15, 0.2) is 16.4 Å². The first kappa shape index (κ1) is 24.7. The number of rotatable bonds is 9. The number of imidazole rings is 1. The first-order valence-corrected chi connectivity index (χ1v) is 12.9. The van der Waals surface area contributed by atoms with Crippen LogP contribution >= 0.6 is 23.1 Å². The number of β-lactam (4-membered cyclic amide) rings is 1. The van der Waals surface area contributed by atoms with Crippen LogP contribution in [0.25, 0.3) is 5.52 Å². The fraction of sp³-hybridized carbons (Fsp3) is 0.273. The number of carbonyl (C=O) groups excluding carboxylic acids is 2. The number of thiazole rings is 1. The molecule has 0 saturated carbocycles. The van der Waals surface area contributed by atoms with E-state index in [0.717, 1.165) is 16.9 Å². The molecule has 2 atom stereocenters. The van der Waals surface area contributed by atoms with E-state index in [-0.39, 0.29) is 35.4 Å². The summed E-state index contributed by atoms with van der Waals surface area (Å²) in [5.41, 5.74) is 6.93. The summed E-state index contributed by atoms with van der Waals surface area (Å²) in [5, 5.41) is 17.3. The molecule has 15 heteroatoms. The zero-order valence-corrected chi connectivity index (χ0v) is 20.7. The number of amides is 2. The van der Waals surface area contributed by atoms with E-state index in [1.165, 1.54) is 22.0 Å². The Balaban J connectivity index is 1.34. The molecule has 5 heterocycles. The minimum Gasteiger partial charge on any atom is -0.477 e. The van der Waals surface area contributed by atoms with Crippen LogP contribution in [-0.2, 0) is 25.8 Å². The molecule has 192 valence electrons. The van der Waals surface area contributed by atoms with E-state index in [1.54, 1.807) is 0 Å². The lowest BCUT2D eigenvalue weighted by Gasteiger charge is -2.49. The van der Waals surface area contributed by atoms with Crippen LogP contribution in [0, 0.1) is 0 Å². The van der Waals surface area contributed by atoms with Gasteiger partial charge in [-0.25, -0.2) is 23.1 Å². The number of halogens is 1. The Morgan fingerprint density at radius 2 is 2.24 bits per heavy atom. The van der Waals surface area contributed by atoms with Gasteiger partial charge in [-0.3, -0.25) is 14.5 Å². The second kappa shape index (κ2) is 10.2. The summed E-state index contributed by atoms with van der Waals surface area (Å²) < 4.78 is 16.2. The van der Waals surface area contributed by atoms with Crippen LogP contribution in [0.1, 0.15) is 5.69 Å². The van der Waals surface area contributed by atoms with Crippen molar-refractivity contribution in [2.24, 2.45) is 5.16 Å². The lowest BCUT2D eigenvalue weighted by molar-refractivity contribution is -0.687. The molecular weight excluding hydrogens is 525 g/mol. The van der Waals surface area contributed by atoms with Crippen LogP contribution in [-0.4, -0.2) is 73.3 Å². The monoisotopic (exact) mass is 546 g/mol. The average molecular weight is 547 g/mol. The normalized spacial score (nSPS) is 19.5. The maximum absolute atomic E-state index is 13.0. The van der Waals surface area contributed by atoms with E-state index in [0.29, 0.717) is 11.3 Å². The van der Waals surface area contributed by atoms with Gasteiger partial charge >= 0.3 is 5.97 Å². The van der Waals surface area contributed by atoms with E-state index in [9.17, 15) is 23.9 Å². The Kier molecular flexibility index (Phi) is 6.80. The van der Waals surface area contributed by atoms with E-state index >= 15 is 0 Å². The number of anilines is 1. The van der Waals surface area contributed by atoms with Gasteiger partial charge in [0.05, 0.1) is 6.20 Å². The molecule has 2 aliphatic heterocycles. The Hall–Kier alpha value is -3.98. The fourth-order valence-corrected chi connectivity index (χ4v) is 6.00. The van der Waals surface area contributed by atoms with E-state index in [4.69, 9.17) is 10.6 Å². The molecule has 37 heavy (non-hydrogen) atoms. The fourth-order valence-electron chi connectivity index (χ4n) is 4.11. The standard InChI is InChI=1S/C22H20FN7O5S2/c23-4-6-35-27-15(14-10-37-22(24)25-14)18(31)26-16-19(32)30-17(21(33)34)12(9-36-20(16)30)7-28-8-13-3-1-2-5-29(13)11-28/h1-3,5,8,10-11,16,20H,4,6-7,9H2,(H3-,24,25,26,31,33,34)/p+1/b27-15-/t16?,20-/m0/s1. The zero-order chi connectivity index (χ0) is 26.1. The summed E-state index contributed by atoms with van der Waals surface area (Å²) in [6, 6.07) is 4.74. The SMILES string of the molecule is Nc1nc(/C(=N/OCCF)C(=O)NC2C(=O)N3C(C(=O)O)=C(C[n+]4cc5ccccn5c4)CS[C@@H]23)cs1. The van der Waals surface area contributed by atoms with Gasteiger partial charge in [0.2, 0.25) is 6.33 Å². The van der Waals surface area contributed by atoms with Gasteiger partial charge < -0.3 is 21.0 Å². The van der Waals surface area contributed by atoms with Crippen molar-refractivity contribution in [1.29, 1.82) is 0 Å². The molecule has 12 nitrogen and oxygen atoms in total. The highest BCUT2D eigenvalue weighted by atomic mass is 32.2. The van der Waals surface area contributed by atoms with Gasteiger partial charge in [0, 0.05) is 16.7 Å². The summed E-state index contributed by atoms with van der Waals surface area (Å²) in [6.07, 6.45) is 5.62. The number of aliphatic carboxylic acids is 1. The molecule has 3 aromatic rings. The number of nitrogens with one attached hydrogen (secondary N) is 1. The highest BCUT2D eigenvalue weighted by Gasteiger charge is 2.54. The highest BCUT2D eigenvalue weighted by molar-refractivity contribution is 8.00. The predicted molar refractivity (Wildman–Crippen MR) is 132 cm³/mol. The number of nitrogens with zero attached hydrogens (tertiary/aromatic N) is 5. The van der Waals surface area contributed by atoms with Crippen molar-refractivity contribution in [2.75, 3.05) is 24.8 Å². The molecule has 0 spiro atoms. The minimum atomic E-state index is -1.22. The number of fused-ring (bicyclic) bond motifs is 2. The van der Waals surface area contributed by atoms with Crippen molar-refractivity contribution >= 4 is 57.2 Å². The number of aromatic nitrogens is 3. The van der Waals surface area contributed by atoms with Crippen LogP contribution < -0.4 is 15.6 Å². The summed E-state index contributed by atoms with van der Waals surface area (Å²) in [7, 11) is 0. The van der Waals surface area contributed by atoms with Gasteiger partial charge in [-0.1, -0.05) is 11.2 Å². The van der Waals surface area contributed by atoms with Crippen LogP contribution in [0.15, 0.2) is 58.7 Å². The predicted octanol–water partition coefficient (Wildman–Crippen LogP) is 0.395. The van der Waals surface area contributed by atoms with Crippen LogP contribution in [0.3, 0.4) is 0 Å². The second-order valence-electron chi connectivity index (χ2n) is 8.10. The molecule has 1 saturated heterocycles. The number of carboxylic acid groups (broad SMARTS) is 1. The first-order valence-electron chi connectivity index (χ1n) is 11.0. The maximum atomic E-state index is 13.0. The molecule has 0 bridgehead atoms. The van der Waals surface area contributed by atoms with Gasteiger partial charge in [-0.15, -0.1) is 23.1 Å². The number of carboxylic acids is 1. The first-order chi connectivity index (χ1) is 17.9. The van der Waals surface area contributed by atoms with Crippen molar-refractivity contribution in [2.45, 2.75) is 18.0 Å². The minimum absolute atomic E-state index is 0.0885. The van der Waals surface area contributed by atoms with Crippen molar-refractivity contribution < 1.29 is 33.3 Å². The molecule has 2 amide bonds. The largest absolute Gasteiger partial charge is 0.477 e. The Morgan fingerprint density at radius 3 is 2.95 bits per heavy atom. The number of hydrogen-bond donors (Lipinski definition) is 3. The molecule has 1 fully saturated rings. The lowest BCUT2D eigenvalue weighted by Crippen LogP contribution is -2.71. The second-order valence-corrected chi connectivity index (χ2v) is 10.1. The quantitative estimate of drug-likeness (QED) is 0.114. The molecule has 0 aliphatic carbocycles. The van der Waals surface area contributed by atoms with Gasteiger partial charge in [-0.05, 0) is 12.1 Å². The van der Waals surface area contributed by atoms with Crippen molar-refractivity contribution in [3.8, 4) is 0 Å². The summed E-state index contributed by atoms with van der Waals surface area (Å²) in [4.78, 5) is 48.2. The number of alkyl halides is 1. The maximum Gasteiger partial charge on any atom is 0.352 e. The van der Waals surface area contributed by atoms with Crippen molar-refractivity contribution in [3.63, 3.8) is 0 Å². The van der Waals surface area contributed by atoms with Gasteiger partial charge in [0.1, 0.15) is 48.8 Å². The number of thioether (sulfide) groups is 1. The van der Waals surface area contributed by atoms with Crippen LogP contribution in [0.2, 0.25) is 0 Å². The molecule has 5 rings (SSSR count). The lowest BCUT2D eigenvalue weighted by atomic mass is 10.0. The van der Waals surface area contributed by atoms with Crippen LogP contribution in [0.4, 0.5) is 9.52 Å². The van der Waals surface area contributed by atoms with E-state index in [1.807, 2.05) is 45.9 Å². The third-order valence-corrected chi connectivity index (χ3v) is 7.72. The molecule has 0 radical (unpaired) electrons. The average Bonchev–Trinajstić information content (AvgIpc) is 3.50. The summed E-state index contributed by atoms with van der Waals surface area (Å²) >= 11 is 2.42. The molecule has 3 aromatic heterocycles. The third kappa shape index (κ3) is 4.74. The summed E-state index contributed by atoms with van der Waals surface area (Å²) in [6.45, 7) is -0.884. The Morgan fingerprint density at radius 1 is 1.41 bits per heavy atom. The van der Waals surface area contributed by atoms with E-state index < -0.39 is 35.9 Å². The van der Waals surface area contributed by atoms with Crippen LogP contribution in [0.5, 0.6) is 0 Å². The zero-order valence-electron chi connectivity index (χ0n) is 19.1. The number of oxime groups is 1. The topological polar surface area (TPSA) is 155 Å². The number of hydrogen-bond acceptors (Lipinski definition) is 9. The molecule has 1 unspecified atom stereocenters. The highest BCUT2D eigenvalue weighted by Crippen LogP contribution is 2.40. The molecule has 0 aromatic carbocycles. The van der Waals surface area contributed by atoms with Crippen molar-refractivity contribution in [1.82, 2.24) is 19.6 Å². The Bertz CT molecular complexity index is 1420. The Labute approximate surface area is 217 Å². The number of carbonyl (C=O) groups is 3. The van der Waals surface area contributed by atoms with Gasteiger partial charge in [-0.2, -0.15) is 0 Å². The summed E-state index contributed by atoms with van der Waals surface area (Å²) in [5.74, 6) is -2.20. The number of nitrogens with two attached hydrogens (primary N) is 1. The third-order valence-electron chi connectivity index (χ3n) is 5.71. The number of nitrogen functional groups attached to an aromatic ring is 1. The molecule has 2 aliphatic rings. The van der Waals surface area contributed by atoms with E-state index in [2.05, 4.69) is 15.5 Å². The molecule has 4 N–H and O–H groups in total. The molecular formula is C22H21FN7O5S2+.